The quantitative estimate of drug-likeness (QED) is 0.624. The Morgan fingerprint density at radius 3 is 2.36 bits per heavy atom. The maximum absolute atomic E-state index is 12.5. The Morgan fingerprint density at radius 2 is 1.79 bits per heavy atom. The maximum Gasteiger partial charge on any atom is 0.333 e. The number of nitrogens with one attached hydrogen (secondary N) is 1. The highest BCUT2D eigenvalue weighted by atomic mass is 16.6. The number of aromatic nitrogens is 2. The molecule has 2 aromatic rings. The summed E-state index contributed by atoms with van der Waals surface area (Å²) in [4.78, 5) is 27.5. The Bertz CT molecular complexity index is 879. The maximum atomic E-state index is 12.5. The van der Waals surface area contributed by atoms with Crippen LogP contribution in [0.2, 0.25) is 0 Å². The molecule has 0 spiro atoms. The average Bonchev–Trinajstić information content (AvgIpc) is 2.93. The number of carbonyl (C=O) groups excluding carboxylic acids is 1. The third-order valence-corrected chi connectivity index (χ3v) is 5.13. The van der Waals surface area contributed by atoms with Crippen molar-refractivity contribution in [3.8, 4) is 0 Å². The van der Waals surface area contributed by atoms with E-state index < -0.39 is 0 Å². The molecule has 3 rings (SSSR count). The van der Waals surface area contributed by atoms with Crippen molar-refractivity contribution in [1.82, 2.24) is 14.7 Å². The van der Waals surface area contributed by atoms with E-state index in [0.29, 0.717) is 44.2 Å². The van der Waals surface area contributed by atoms with E-state index in [9.17, 15) is 14.9 Å². The van der Waals surface area contributed by atoms with Crippen molar-refractivity contribution in [3.63, 3.8) is 0 Å². The van der Waals surface area contributed by atoms with E-state index in [0.717, 1.165) is 16.8 Å². The van der Waals surface area contributed by atoms with Crippen LogP contribution < -0.4 is 10.2 Å². The summed E-state index contributed by atoms with van der Waals surface area (Å²) in [5.41, 5.74) is 3.42. The number of para-hydroxylation sites is 1. The molecule has 0 saturated carbocycles. The van der Waals surface area contributed by atoms with E-state index >= 15 is 0 Å². The molecule has 1 N–H and O–H groups in total. The van der Waals surface area contributed by atoms with E-state index in [1.54, 1.807) is 18.7 Å². The number of nitrogens with zero attached hydrogens (tertiary/aromatic N) is 5. The average molecular weight is 386 g/mol. The van der Waals surface area contributed by atoms with E-state index in [2.05, 4.69) is 15.3 Å². The van der Waals surface area contributed by atoms with Crippen molar-refractivity contribution < 1.29 is 9.72 Å². The normalized spacial score (nSPS) is 14.9. The van der Waals surface area contributed by atoms with Gasteiger partial charge in [-0.2, -0.15) is 5.10 Å². The first kappa shape index (κ1) is 19.8. The molecule has 1 amide bonds. The summed E-state index contributed by atoms with van der Waals surface area (Å²) >= 11 is 0. The van der Waals surface area contributed by atoms with Gasteiger partial charge < -0.3 is 10.2 Å². The topological polar surface area (TPSA) is 96.5 Å². The van der Waals surface area contributed by atoms with Gasteiger partial charge in [0.25, 0.3) is 0 Å². The van der Waals surface area contributed by atoms with Crippen LogP contribution in [0.1, 0.15) is 16.8 Å². The van der Waals surface area contributed by atoms with Gasteiger partial charge in [0.05, 0.1) is 11.5 Å². The van der Waals surface area contributed by atoms with Crippen LogP contribution in [0.5, 0.6) is 0 Å². The molecule has 0 unspecified atom stereocenters. The monoisotopic (exact) mass is 386 g/mol. The zero-order valence-electron chi connectivity index (χ0n) is 16.7. The van der Waals surface area contributed by atoms with Gasteiger partial charge in [-0.1, -0.05) is 18.2 Å². The van der Waals surface area contributed by atoms with Gasteiger partial charge in [-0.05, 0) is 31.9 Å². The lowest BCUT2D eigenvalue weighted by Crippen LogP contribution is -2.49. The Labute approximate surface area is 164 Å². The summed E-state index contributed by atoms with van der Waals surface area (Å²) in [6.07, 6.45) is 0. The largest absolute Gasteiger partial charge is 0.349 e. The van der Waals surface area contributed by atoms with Crippen molar-refractivity contribution in [3.05, 3.63) is 45.1 Å². The minimum atomic E-state index is -0.373. The lowest BCUT2D eigenvalue weighted by Gasteiger charge is -2.34. The fourth-order valence-electron chi connectivity index (χ4n) is 3.71. The van der Waals surface area contributed by atoms with Gasteiger partial charge in [-0.15, -0.1) is 0 Å². The number of hydrogen-bond donors (Lipinski definition) is 1. The number of aryl methyl sites for hydroxylation is 4. The van der Waals surface area contributed by atoms with Crippen molar-refractivity contribution in [2.75, 3.05) is 42.9 Å². The molecule has 0 atom stereocenters. The van der Waals surface area contributed by atoms with Crippen molar-refractivity contribution in [2.24, 2.45) is 7.05 Å². The summed E-state index contributed by atoms with van der Waals surface area (Å²) in [5.74, 6) is 0.482. The molecular weight excluding hydrogens is 360 g/mol. The number of benzene rings is 1. The van der Waals surface area contributed by atoms with Gasteiger partial charge in [0, 0.05) is 38.9 Å². The zero-order chi connectivity index (χ0) is 20.4. The first-order valence-corrected chi connectivity index (χ1v) is 9.29. The molecule has 0 aliphatic carbocycles. The summed E-state index contributed by atoms with van der Waals surface area (Å²) < 4.78 is 1.57. The van der Waals surface area contributed by atoms with E-state index in [1.165, 1.54) is 0 Å². The molecule has 28 heavy (non-hydrogen) atoms. The van der Waals surface area contributed by atoms with E-state index in [1.807, 2.05) is 36.9 Å². The van der Waals surface area contributed by atoms with Crippen LogP contribution in [0.4, 0.5) is 17.2 Å². The fraction of sp³-hybridized carbons (Fsp3) is 0.474. The predicted molar refractivity (Wildman–Crippen MR) is 108 cm³/mol. The molecule has 1 saturated heterocycles. The fourth-order valence-corrected chi connectivity index (χ4v) is 3.71. The Balaban J connectivity index is 1.61. The van der Waals surface area contributed by atoms with Crippen LogP contribution in [0.15, 0.2) is 18.2 Å². The lowest BCUT2D eigenvalue weighted by atomic mass is 10.1. The summed E-state index contributed by atoms with van der Waals surface area (Å²) in [6.45, 7) is 8.42. The highest BCUT2D eigenvalue weighted by Crippen LogP contribution is 2.31. The summed E-state index contributed by atoms with van der Waals surface area (Å²) in [7, 11) is 1.72. The number of carbonyl (C=O) groups is 1. The van der Waals surface area contributed by atoms with Gasteiger partial charge in [0.2, 0.25) is 11.7 Å². The van der Waals surface area contributed by atoms with Gasteiger partial charge in [0.15, 0.2) is 0 Å². The SMILES string of the molecule is Cc1cccc(C)c1NC(=O)CN1CCN(c2c([N+](=O)[O-])c(C)nn2C)CC1. The first-order chi connectivity index (χ1) is 13.3. The number of anilines is 2. The van der Waals surface area contributed by atoms with Crippen LogP contribution >= 0.6 is 0 Å². The molecule has 1 aliphatic heterocycles. The molecule has 9 heteroatoms. The number of rotatable bonds is 5. The molecule has 150 valence electrons. The molecule has 9 nitrogen and oxygen atoms in total. The van der Waals surface area contributed by atoms with Crippen LogP contribution in [0.3, 0.4) is 0 Å². The minimum Gasteiger partial charge on any atom is -0.349 e. The van der Waals surface area contributed by atoms with Crippen molar-refractivity contribution in [2.45, 2.75) is 20.8 Å². The molecule has 1 aliphatic rings. The number of amides is 1. The number of nitro groups is 1. The smallest absolute Gasteiger partial charge is 0.333 e. The van der Waals surface area contributed by atoms with Crippen LogP contribution in [-0.4, -0.2) is 58.2 Å². The van der Waals surface area contributed by atoms with Gasteiger partial charge >= 0.3 is 5.69 Å². The Kier molecular flexibility index (Phi) is 5.64. The molecular formula is C19H26N6O3. The summed E-state index contributed by atoms with van der Waals surface area (Å²) in [5, 5.41) is 18.6. The first-order valence-electron chi connectivity index (χ1n) is 9.29. The zero-order valence-corrected chi connectivity index (χ0v) is 16.7. The highest BCUT2D eigenvalue weighted by molar-refractivity contribution is 5.93. The van der Waals surface area contributed by atoms with E-state index in [-0.39, 0.29) is 16.5 Å². The second-order valence-corrected chi connectivity index (χ2v) is 7.22. The van der Waals surface area contributed by atoms with Crippen LogP contribution in [0, 0.1) is 30.9 Å². The second-order valence-electron chi connectivity index (χ2n) is 7.22. The molecule has 1 aromatic carbocycles. The van der Waals surface area contributed by atoms with Crippen LogP contribution in [0.25, 0.3) is 0 Å². The summed E-state index contributed by atoms with van der Waals surface area (Å²) in [6, 6.07) is 5.92. The highest BCUT2D eigenvalue weighted by Gasteiger charge is 2.30. The van der Waals surface area contributed by atoms with Gasteiger partial charge in [0.1, 0.15) is 5.69 Å². The van der Waals surface area contributed by atoms with E-state index in [4.69, 9.17) is 0 Å². The molecule has 0 bridgehead atoms. The third kappa shape index (κ3) is 3.99. The second kappa shape index (κ2) is 7.97. The Morgan fingerprint density at radius 1 is 1.18 bits per heavy atom. The molecule has 0 radical (unpaired) electrons. The minimum absolute atomic E-state index is 0.0480. The molecule has 1 aromatic heterocycles. The van der Waals surface area contributed by atoms with Crippen molar-refractivity contribution >= 4 is 23.1 Å². The Hall–Kier alpha value is -2.94. The van der Waals surface area contributed by atoms with Crippen molar-refractivity contribution in [1.29, 1.82) is 0 Å². The van der Waals surface area contributed by atoms with Gasteiger partial charge in [-0.25, -0.2) is 4.68 Å². The third-order valence-electron chi connectivity index (χ3n) is 5.13. The predicted octanol–water partition coefficient (Wildman–Crippen LogP) is 2.01. The van der Waals surface area contributed by atoms with Gasteiger partial charge in [-0.3, -0.25) is 19.8 Å². The molecule has 2 heterocycles. The lowest BCUT2D eigenvalue weighted by molar-refractivity contribution is -0.384. The van der Waals surface area contributed by atoms with Crippen LogP contribution in [-0.2, 0) is 11.8 Å². The number of piperazine rings is 1. The standard InChI is InChI=1S/C19H26N6O3/c1-13-6-5-7-14(2)17(13)20-16(26)12-23-8-10-24(11-9-23)19-18(25(27)28)15(3)21-22(19)4/h5-7H,8-12H2,1-4H3,(H,20,26). The number of hydrogen-bond acceptors (Lipinski definition) is 6. The molecule has 1 fully saturated rings.